The van der Waals surface area contributed by atoms with Crippen LogP contribution >= 0.6 is 0 Å². The van der Waals surface area contributed by atoms with Crippen LogP contribution in [0.3, 0.4) is 0 Å². The van der Waals surface area contributed by atoms with Crippen molar-refractivity contribution in [3.63, 3.8) is 0 Å². The fraction of sp³-hybridized carbons (Fsp3) is 0.737. The van der Waals surface area contributed by atoms with E-state index in [-0.39, 0.29) is 31.6 Å². The second-order valence-electron chi connectivity index (χ2n) is 17.4. The highest BCUT2D eigenvalue weighted by Gasteiger charge is 2.19. The molecule has 0 N–H and O–H groups in total. The van der Waals surface area contributed by atoms with Crippen LogP contribution in [0.1, 0.15) is 252 Å². The van der Waals surface area contributed by atoms with Crippen LogP contribution in [0.15, 0.2) is 72.9 Å². The van der Waals surface area contributed by atoms with Crippen LogP contribution in [0.25, 0.3) is 0 Å². The zero-order valence-electron chi connectivity index (χ0n) is 41.3. The van der Waals surface area contributed by atoms with Gasteiger partial charge in [0.2, 0.25) is 0 Å². The molecular weight excluding hydrogens is 781 g/mol. The van der Waals surface area contributed by atoms with Gasteiger partial charge in [0.15, 0.2) is 6.10 Å². The second-order valence-corrected chi connectivity index (χ2v) is 17.4. The molecule has 0 saturated carbocycles. The number of ether oxygens (including phenoxy) is 3. The summed E-state index contributed by atoms with van der Waals surface area (Å²) in [5, 5.41) is 0. The topological polar surface area (TPSA) is 78.9 Å². The Bertz CT molecular complexity index is 1190. The van der Waals surface area contributed by atoms with Crippen LogP contribution in [0, 0.1) is 0 Å². The van der Waals surface area contributed by atoms with E-state index >= 15 is 0 Å². The van der Waals surface area contributed by atoms with E-state index in [1.807, 2.05) is 6.08 Å². The van der Waals surface area contributed by atoms with E-state index in [1.54, 1.807) is 6.08 Å². The molecule has 0 aliphatic rings. The summed E-state index contributed by atoms with van der Waals surface area (Å²) in [5.41, 5.74) is 0. The van der Waals surface area contributed by atoms with Gasteiger partial charge in [-0.15, -0.1) is 0 Å². The van der Waals surface area contributed by atoms with Crippen LogP contribution < -0.4 is 0 Å². The molecule has 0 aliphatic carbocycles. The molecule has 0 heterocycles. The van der Waals surface area contributed by atoms with Gasteiger partial charge in [-0.1, -0.05) is 235 Å². The summed E-state index contributed by atoms with van der Waals surface area (Å²) < 4.78 is 16.7. The van der Waals surface area contributed by atoms with Crippen LogP contribution in [0.5, 0.6) is 0 Å². The zero-order chi connectivity index (χ0) is 45.8. The zero-order valence-corrected chi connectivity index (χ0v) is 41.3. The Balaban J connectivity index is 4.36. The summed E-state index contributed by atoms with van der Waals surface area (Å²) in [7, 11) is 0. The van der Waals surface area contributed by atoms with Gasteiger partial charge in [-0.25, -0.2) is 0 Å². The van der Waals surface area contributed by atoms with Gasteiger partial charge in [0.1, 0.15) is 13.2 Å². The van der Waals surface area contributed by atoms with Crippen LogP contribution in [0.4, 0.5) is 0 Å². The predicted molar refractivity (Wildman–Crippen MR) is 270 cm³/mol. The maximum atomic E-state index is 12.7. The van der Waals surface area contributed by atoms with E-state index in [2.05, 4.69) is 81.5 Å². The lowest BCUT2D eigenvalue weighted by Gasteiger charge is -2.18. The molecule has 1 unspecified atom stereocenters. The Kier molecular flexibility index (Phi) is 48.9. The lowest BCUT2D eigenvalue weighted by Crippen LogP contribution is -2.30. The fourth-order valence-electron chi connectivity index (χ4n) is 7.28. The molecule has 0 spiro atoms. The van der Waals surface area contributed by atoms with E-state index in [0.717, 1.165) is 70.6 Å². The summed E-state index contributed by atoms with van der Waals surface area (Å²) >= 11 is 0. The maximum Gasteiger partial charge on any atom is 0.310 e. The molecule has 0 aromatic carbocycles. The average Bonchev–Trinajstić information content (AvgIpc) is 3.28. The van der Waals surface area contributed by atoms with Crippen molar-refractivity contribution in [1.29, 1.82) is 0 Å². The van der Waals surface area contributed by atoms with Crippen molar-refractivity contribution in [2.45, 2.75) is 258 Å². The van der Waals surface area contributed by atoms with E-state index in [1.165, 1.54) is 141 Å². The van der Waals surface area contributed by atoms with Crippen molar-refractivity contribution in [3.8, 4) is 0 Å². The Morgan fingerprint density at radius 3 is 1.03 bits per heavy atom. The molecule has 0 amide bonds. The standard InChI is InChI=1S/C57H98O6/c1-4-7-10-13-16-19-21-23-25-26-27-28-29-30-32-33-35-38-41-44-47-50-56(59)62-53-54(52-61-55(58)49-46-43-40-37-18-15-12-9-6-3)63-57(60)51-48-45-42-39-36-34-31-24-22-20-17-14-11-8-5-2/h8,11,17,20,24,26-27,31,36,39,45,48,54H,4-7,9-10,12-16,18-19,21-23,25,28-30,32-35,37-38,40-44,46-47,49-53H2,1-3H3/b11-8-,20-17-,27-26-,31-24-,39-36-,48-45-. The van der Waals surface area contributed by atoms with Gasteiger partial charge in [0.05, 0.1) is 6.42 Å². The number of hydrogen-bond acceptors (Lipinski definition) is 6. The number of carbonyl (C=O) groups is 3. The minimum atomic E-state index is -0.827. The first-order valence-electron chi connectivity index (χ1n) is 26.4. The van der Waals surface area contributed by atoms with Gasteiger partial charge in [-0.05, 0) is 70.6 Å². The van der Waals surface area contributed by atoms with Crippen molar-refractivity contribution < 1.29 is 28.6 Å². The van der Waals surface area contributed by atoms with Gasteiger partial charge in [0.25, 0.3) is 0 Å². The average molecular weight is 879 g/mol. The summed E-state index contributed by atoms with van der Waals surface area (Å²) in [6, 6.07) is 0. The monoisotopic (exact) mass is 879 g/mol. The van der Waals surface area contributed by atoms with Crippen molar-refractivity contribution in [2.24, 2.45) is 0 Å². The van der Waals surface area contributed by atoms with Crippen molar-refractivity contribution in [3.05, 3.63) is 72.9 Å². The number of rotatable bonds is 47. The number of allylic oxidation sites excluding steroid dienone is 11. The molecule has 6 nitrogen and oxygen atoms in total. The van der Waals surface area contributed by atoms with Gasteiger partial charge in [0, 0.05) is 12.8 Å². The third-order valence-corrected chi connectivity index (χ3v) is 11.2. The van der Waals surface area contributed by atoms with E-state index in [0.29, 0.717) is 12.8 Å². The highest BCUT2D eigenvalue weighted by molar-refractivity contribution is 5.72. The van der Waals surface area contributed by atoms with Crippen LogP contribution in [-0.2, 0) is 28.6 Å². The Morgan fingerprint density at radius 1 is 0.349 bits per heavy atom. The minimum absolute atomic E-state index is 0.0984. The summed E-state index contributed by atoms with van der Waals surface area (Å²) in [6.45, 7) is 6.42. The van der Waals surface area contributed by atoms with Crippen LogP contribution in [-0.4, -0.2) is 37.2 Å². The lowest BCUT2D eigenvalue weighted by molar-refractivity contribution is -0.166. The van der Waals surface area contributed by atoms with Crippen molar-refractivity contribution >= 4 is 17.9 Å². The van der Waals surface area contributed by atoms with Crippen molar-refractivity contribution in [1.82, 2.24) is 0 Å². The predicted octanol–water partition coefficient (Wildman–Crippen LogP) is 17.4. The molecule has 0 radical (unpaired) electrons. The molecule has 1 atom stereocenters. The summed E-state index contributed by atoms with van der Waals surface area (Å²) in [4.78, 5) is 37.8. The molecule has 6 heteroatoms. The SMILES string of the molecule is CC/C=C\C/C=C\C/C=C\C/C=C\C/C=C\CC(=O)OC(COC(=O)CCCCCCCCCCC)COC(=O)CCCCCCCCCCC/C=C\CCCCCCCCCC. The largest absolute Gasteiger partial charge is 0.462 e. The van der Waals surface area contributed by atoms with Gasteiger partial charge in [-0.3, -0.25) is 14.4 Å². The first-order valence-corrected chi connectivity index (χ1v) is 26.4. The van der Waals surface area contributed by atoms with E-state index in [4.69, 9.17) is 14.2 Å². The van der Waals surface area contributed by atoms with Gasteiger partial charge in [-0.2, -0.15) is 0 Å². The van der Waals surface area contributed by atoms with Crippen LogP contribution in [0.2, 0.25) is 0 Å². The first-order chi connectivity index (χ1) is 31.0. The van der Waals surface area contributed by atoms with Gasteiger partial charge < -0.3 is 14.2 Å². The molecule has 0 aromatic heterocycles. The fourth-order valence-corrected chi connectivity index (χ4v) is 7.28. The third-order valence-electron chi connectivity index (χ3n) is 11.2. The van der Waals surface area contributed by atoms with E-state index < -0.39 is 12.1 Å². The smallest absolute Gasteiger partial charge is 0.310 e. The maximum absolute atomic E-state index is 12.7. The Morgan fingerprint density at radius 2 is 0.667 bits per heavy atom. The van der Waals surface area contributed by atoms with E-state index in [9.17, 15) is 14.4 Å². The molecule has 0 aromatic rings. The number of hydrogen-bond donors (Lipinski definition) is 0. The molecule has 63 heavy (non-hydrogen) atoms. The normalized spacial score (nSPS) is 12.6. The third kappa shape index (κ3) is 49.7. The Labute approximate surface area is 389 Å². The summed E-state index contributed by atoms with van der Waals surface area (Å²) in [5.74, 6) is -1.05. The molecular formula is C57H98O6. The second kappa shape index (κ2) is 51.5. The lowest BCUT2D eigenvalue weighted by atomic mass is 10.1. The molecule has 0 fully saturated rings. The molecule has 0 bridgehead atoms. The van der Waals surface area contributed by atoms with Crippen molar-refractivity contribution in [2.75, 3.05) is 13.2 Å². The van der Waals surface area contributed by atoms with Gasteiger partial charge >= 0.3 is 17.9 Å². The number of esters is 3. The molecule has 0 aliphatic heterocycles. The quantitative estimate of drug-likeness (QED) is 0.0262. The number of unbranched alkanes of at least 4 members (excludes halogenated alkanes) is 25. The number of carbonyl (C=O) groups excluding carboxylic acids is 3. The summed E-state index contributed by atoms with van der Waals surface area (Å²) in [6.07, 6.45) is 65.0. The highest BCUT2D eigenvalue weighted by atomic mass is 16.6. The molecule has 0 saturated heterocycles. The molecule has 0 rings (SSSR count). The minimum Gasteiger partial charge on any atom is -0.462 e. The first kappa shape index (κ1) is 59.9. The molecule has 362 valence electrons. The Hall–Kier alpha value is -3.15. The highest BCUT2D eigenvalue weighted by Crippen LogP contribution is 2.15.